The third-order valence-electron chi connectivity index (χ3n) is 6.77. The van der Waals surface area contributed by atoms with E-state index in [1.807, 2.05) is 31.2 Å². The van der Waals surface area contributed by atoms with Crippen molar-refractivity contribution in [1.29, 1.82) is 0 Å². The summed E-state index contributed by atoms with van der Waals surface area (Å²) in [4.78, 5) is 38.0. The second kappa shape index (κ2) is 8.65. The van der Waals surface area contributed by atoms with E-state index in [9.17, 15) is 19.5 Å². The van der Waals surface area contributed by atoms with Gasteiger partial charge in [0.1, 0.15) is 12.1 Å². The van der Waals surface area contributed by atoms with Gasteiger partial charge < -0.3 is 20.1 Å². The van der Waals surface area contributed by atoms with E-state index in [-0.39, 0.29) is 25.0 Å². The maximum absolute atomic E-state index is 12.8. The minimum absolute atomic E-state index is 0.0341. The number of alkyl carbamates (subject to hydrolysis) is 1. The Morgan fingerprint density at radius 3 is 2.16 bits per heavy atom. The van der Waals surface area contributed by atoms with Crippen molar-refractivity contribution < 1.29 is 24.2 Å². The topological polar surface area (TPSA) is 95.9 Å². The molecule has 0 radical (unpaired) electrons. The van der Waals surface area contributed by atoms with Crippen molar-refractivity contribution in [2.75, 3.05) is 20.2 Å². The average molecular weight is 437 g/mol. The molecule has 0 spiro atoms. The first kappa shape index (κ1) is 21.9. The van der Waals surface area contributed by atoms with Crippen LogP contribution in [0.5, 0.6) is 0 Å². The molecule has 0 aromatic heterocycles. The Kier molecular flexibility index (Phi) is 5.91. The molecule has 1 fully saturated rings. The van der Waals surface area contributed by atoms with Gasteiger partial charge in [0.05, 0.1) is 5.92 Å². The van der Waals surface area contributed by atoms with E-state index in [2.05, 4.69) is 29.6 Å². The molecule has 4 rings (SSSR count). The minimum atomic E-state index is -1.09. The lowest BCUT2D eigenvalue weighted by atomic mass is 9.98. The molecular weight excluding hydrogens is 408 g/mol. The number of ether oxygens (including phenoxy) is 1. The van der Waals surface area contributed by atoms with E-state index in [4.69, 9.17) is 4.74 Å². The molecule has 2 aromatic carbocycles. The Morgan fingerprint density at radius 2 is 1.66 bits per heavy atom. The molecule has 2 aromatic rings. The summed E-state index contributed by atoms with van der Waals surface area (Å²) in [6, 6.07) is 16.2. The Hall–Kier alpha value is -3.35. The van der Waals surface area contributed by atoms with E-state index in [0.717, 1.165) is 22.3 Å². The van der Waals surface area contributed by atoms with Crippen LogP contribution in [0.15, 0.2) is 48.5 Å². The van der Waals surface area contributed by atoms with Crippen LogP contribution in [0.1, 0.15) is 43.2 Å². The van der Waals surface area contributed by atoms with E-state index >= 15 is 0 Å². The highest BCUT2D eigenvalue weighted by Gasteiger charge is 2.56. The van der Waals surface area contributed by atoms with Crippen molar-refractivity contribution in [2.24, 2.45) is 5.92 Å². The lowest BCUT2D eigenvalue weighted by Crippen LogP contribution is -2.49. The molecule has 1 saturated carbocycles. The van der Waals surface area contributed by atoms with Gasteiger partial charge in [-0.2, -0.15) is 0 Å². The van der Waals surface area contributed by atoms with Crippen LogP contribution >= 0.6 is 0 Å². The fourth-order valence-electron chi connectivity index (χ4n) is 4.56. The number of hydrogen-bond donors (Lipinski definition) is 2. The third kappa shape index (κ3) is 3.83. The summed E-state index contributed by atoms with van der Waals surface area (Å²) in [5.41, 5.74) is 3.49. The molecule has 7 nitrogen and oxygen atoms in total. The van der Waals surface area contributed by atoms with Gasteiger partial charge in [0.2, 0.25) is 5.91 Å². The number of amides is 2. The standard InChI is InChI=1S/C25H28N2O5/c1-3-16(22(28)27(2)25(12-13-25)23(29)30)14-26-24(31)32-15-21-19-10-6-4-8-17(19)18-9-5-7-11-20(18)21/h4-11,16,21H,3,12-15H2,1-2H3,(H,26,31)(H,29,30). The molecule has 2 aliphatic carbocycles. The quantitative estimate of drug-likeness (QED) is 0.659. The van der Waals surface area contributed by atoms with Gasteiger partial charge in [-0.15, -0.1) is 0 Å². The fraction of sp³-hybridized carbons (Fsp3) is 0.400. The highest BCUT2D eigenvalue weighted by Crippen LogP contribution is 2.44. The number of hydrogen-bond acceptors (Lipinski definition) is 4. The minimum Gasteiger partial charge on any atom is -0.479 e. The highest BCUT2D eigenvalue weighted by atomic mass is 16.5. The van der Waals surface area contributed by atoms with Crippen LogP contribution in [-0.2, 0) is 14.3 Å². The van der Waals surface area contributed by atoms with Gasteiger partial charge in [-0.3, -0.25) is 4.79 Å². The molecule has 0 aliphatic heterocycles. The van der Waals surface area contributed by atoms with Crippen LogP contribution < -0.4 is 5.32 Å². The Bertz CT molecular complexity index is 1000. The number of carboxylic acid groups (broad SMARTS) is 1. The van der Waals surface area contributed by atoms with Crippen LogP contribution in [0.3, 0.4) is 0 Å². The zero-order valence-corrected chi connectivity index (χ0v) is 18.3. The zero-order valence-electron chi connectivity index (χ0n) is 18.3. The first-order chi connectivity index (χ1) is 15.4. The summed E-state index contributed by atoms with van der Waals surface area (Å²) in [5.74, 6) is -1.79. The van der Waals surface area contributed by atoms with Gasteiger partial charge in [0.25, 0.3) is 0 Å². The van der Waals surface area contributed by atoms with Crippen molar-refractivity contribution in [3.63, 3.8) is 0 Å². The Labute approximate surface area is 187 Å². The Balaban J connectivity index is 1.34. The molecular formula is C25H28N2O5. The highest BCUT2D eigenvalue weighted by molar-refractivity contribution is 5.90. The first-order valence-corrected chi connectivity index (χ1v) is 11.0. The molecule has 2 aliphatic rings. The summed E-state index contributed by atoms with van der Waals surface area (Å²) in [5, 5.41) is 12.1. The molecule has 0 heterocycles. The summed E-state index contributed by atoms with van der Waals surface area (Å²) < 4.78 is 5.52. The number of nitrogens with one attached hydrogen (secondary N) is 1. The number of aliphatic carboxylic acids is 1. The van der Waals surface area contributed by atoms with Gasteiger partial charge in [-0.1, -0.05) is 55.5 Å². The second-order valence-corrected chi connectivity index (χ2v) is 8.55. The molecule has 1 atom stereocenters. The summed E-state index contributed by atoms with van der Waals surface area (Å²) >= 11 is 0. The number of benzene rings is 2. The first-order valence-electron chi connectivity index (χ1n) is 11.0. The molecule has 0 saturated heterocycles. The molecule has 2 N–H and O–H groups in total. The number of carbonyl (C=O) groups is 3. The molecule has 2 amide bonds. The lowest BCUT2D eigenvalue weighted by Gasteiger charge is -2.28. The van der Waals surface area contributed by atoms with E-state index in [1.165, 1.54) is 11.9 Å². The predicted octanol–water partition coefficient (Wildman–Crippen LogP) is 3.63. The number of rotatable bonds is 8. The number of nitrogens with zero attached hydrogens (tertiary/aromatic N) is 1. The van der Waals surface area contributed by atoms with Crippen LogP contribution in [0.2, 0.25) is 0 Å². The SMILES string of the molecule is CCC(CNC(=O)OCC1c2ccccc2-c2ccccc21)C(=O)N(C)C1(C(=O)O)CC1. The maximum atomic E-state index is 12.8. The van der Waals surface area contributed by atoms with Gasteiger partial charge in [-0.05, 0) is 41.5 Å². The molecule has 32 heavy (non-hydrogen) atoms. The van der Waals surface area contributed by atoms with E-state index < -0.39 is 23.5 Å². The number of carbonyl (C=O) groups excluding carboxylic acids is 2. The van der Waals surface area contributed by atoms with E-state index in [0.29, 0.717) is 19.3 Å². The summed E-state index contributed by atoms with van der Waals surface area (Å²) in [6.45, 7) is 2.15. The number of likely N-dealkylation sites (N-methyl/N-ethyl adjacent to an activating group) is 1. The van der Waals surface area contributed by atoms with Crippen molar-refractivity contribution in [1.82, 2.24) is 10.2 Å². The smallest absolute Gasteiger partial charge is 0.407 e. The molecule has 1 unspecified atom stereocenters. The van der Waals surface area contributed by atoms with Crippen molar-refractivity contribution >= 4 is 18.0 Å². The monoisotopic (exact) mass is 436 g/mol. The lowest BCUT2D eigenvalue weighted by molar-refractivity contribution is -0.152. The molecule has 0 bridgehead atoms. The molecule has 7 heteroatoms. The second-order valence-electron chi connectivity index (χ2n) is 8.55. The van der Waals surface area contributed by atoms with Crippen molar-refractivity contribution in [2.45, 2.75) is 37.6 Å². The van der Waals surface area contributed by atoms with E-state index in [1.54, 1.807) is 0 Å². The predicted molar refractivity (Wildman–Crippen MR) is 119 cm³/mol. The van der Waals surface area contributed by atoms with Gasteiger partial charge in [0.15, 0.2) is 0 Å². The number of fused-ring (bicyclic) bond motifs is 3. The summed E-state index contributed by atoms with van der Waals surface area (Å²) in [6.07, 6.45) is 0.824. The van der Waals surface area contributed by atoms with Crippen LogP contribution in [-0.4, -0.2) is 53.7 Å². The summed E-state index contributed by atoms with van der Waals surface area (Å²) in [7, 11) is 1.53. The largest absolute Gasteiger partial charge is 0.479 e. The Morgan fingerprint density at radius 1 is 1.09 bits per heavy atom. The fourth-order valence-corrected chi connectivity index (χ4v) is 4.56. The average Bonchev–Trinajstić information content (AvgIpc) is 3.56. The van der Waals surface area contributed by atoms with Crippen molar-refractivity contribution in [3.8, 4) is 11.1 Å². The number of carboxylic acids is 1. The van der Waals surface area contributed by atoms with Crippen molar-refractivity contribution in [3.05, 3.63) is 59.7 Å². The van der Waals surface area contributed by atoms with Crippen LogP contribution in [0.4, 0.5) is 4.79 Å². The zero-order chi connectivity index (χ0) is 22.9. The van der Waals surface area contributed by atoms with Gasteiger partial charge in [0, 0.05) is 19.5 Å². The van der Waals surface area contributed by atoms with Gasteiger partial charge >= 0.3 is 12.1 Å². The molecule has 168 valence electrons. The maximum Gasteiger partial charge on any atom is 0.407 e. The normalized spacial score (nSPS) is 16.4. The third-order valence-corrected chi connectivity index (χ3v) is 6.77. The van der Waals surface area contributed by atoms with Crippen LogP contribution in [0.25, 0.3) is 11.1 Å². The van der Waals surface area contributed by atoms with Crippen LogP contribution in [0, 0.1) is 5.92 Å². The van der Waals surface area contributed by atoms with Gasteiger partial charge in [-0.25, -0.2) is 9.59 Å².